The number of rotatable bonds is 7. The minimum absolute atomic E-state index is 0.0662. The Labute approximate surface area is 191 Å². The van der Waals surface area contributed by atoms with Crippen LogP contribution in [-0.2, 0) is 22.7 Å². The number of hydrogen-bond acceptors (Lipinski definition) is 3. The van der Waals surface area contributed by atoms with Crippen molar-refractivity contribution in [2.45, 2.75) is 70.6 Å². The maximum Gasteiger partial charge on any atom is 0.247 e. The summed E-state index contributed by atoms with van der Waals surface area (Å²) in [5.41, 5.74) is 3.26. The number of benzene rings is 2. The second kappa shape index (κ2) is 10.8. The number of hydrogen-bond donors (Lipinski definition) is 1. The molecule has 0 aliphatic carbocycles. The molecule has 2 aliphatic rings. The third-order valence-corrected chi connectivity index (χ3v) is 6.85. The van der Waals surface area contributed by atoms with Gasteiger partial charge in [0.05, 0.1) is 0 Å². The highest BCUT2D eigenvalue weighted by molar-refractivity contribution is 5.89. The van der Waals surface area contributed by atoms with E-state index in [1.807, 2.05) is 30.3 Å². The molecule has 2 aromatic rings. The Morgan fingerprint density at radius 3 is 2.41 bits per heavy atom. The standard InChI is InChI=1S/C27H35N3O2/c1-21-9-5-7-17-29(21)20-23-15-13-22(14-16-23)19-28-27(32)26(24-10-3-2-4-11-24)30-18-8-6-12-25(30)31/h2-4,10-11,13-16,21,26H,5-9,12,17-20H2,1H3,(H,28,32). The summed E-state index contributed by atoms with van der Waals surface area (Å²) in [5, 5.41) is 3.08. The Kier molecular flexibility index (Phi) is 7.59. The van der Waals surface area contributed by atoms with Crippen LogP contribution in [0.5, 0.6) is 0 Å². The lowest BCUT2D eigenvalue weighted by Gasteiger charge is -2.34. The molecule has 2 saturated heterocycles. The first-order valence-electron chi connectivity index (χ1n) is 12.1. The summed E-state index contributed by atoms with van der Waals surface area (Å²) in [6.07, 6.45) is 6.28. The van der Waals surface area contributed by atoms with Crippen LogP contribution in [0.15, 0.2) is 54.6 Å². The van der Waals surface area contributed by atoms with Gasteiger partial charge < -0.3 is 10.2 Å². The van der Waals surface area contributed by atoms with Crippen LogP contribution >= 0.6 is 0 Å². The van der Waals surface area contributed by atoms with Gasteiger partial charge in [0.1, 0.15) is 6.04 Å². The third kappa shape index (κ3) is 5.57. The van der Waals surface area contributed by atoms with Gasteiger partial charge in [0.25, 0.3) is 0 Å². The van der Waals surface area contributed by atoms with Crippen molar-refractivity contribution >= 4 is 11.8 Å². The van der Waals surface area contributed by atoms with Crippen molar-refractivity contribution in [3.05, 3.63) is 71.3 Å². The van der Waals surface area contributed by atoms with E-state index < -0.39 is 6.04 Å². The lowest BCUT2D eigenvalue weighted by molar-refractivity contribution is -0.142. The Morgan fingerprint density at radius 1 is 0.969 bits per heavy atom. The van der Waals surface area contributed by atoms with Crippen LogP contribution in [0.3, 0.4) is 0 Å². The second-order valence-corrected chi connectivity index (χ2v) is 9.21. The quantitative estimate of drug-likeness (QED) is 0.703. The number of piperidine rings is 2. The summed E-state index contributed by atoms with van der Waals surface area (Å²) in [5.74, 6) is -0.0470. The SMILES string of the molecule is CC1CCCCN1Cc1ccc(CNC(=O)C(c2ccccc2)N2CCCCC2=O)cc1. The van der Waals surface area contributed by atoms with E-state index in [0.717, 1.165) is 30.5 Å². The molecular weight excluding hydrogens is 398 g/mol. The predicted molar refractivity (Wildman–Crippen MR) is 127 cm³/mol. The van der Waals surface area contributed by atoms with Gasteiger partial charge >= 0.3 is 0 Å². The van der Waals surface area contributed by atoms with Gasteiger partial charge in [0.2, 0.25) is 11.8 Å². The molecule has 2 amide bonds. The summed E-state index contributed by atoms with van der Waals surface area (Å²) >= 11 is 0. The van der Waals surface area contributed by atoms with Gasteiger partial charge in [-0.1, -0.05) is 61.0 Å². The van der Waals surface area contributed by atoms with Crippen LogP contribution in [0.1, 0.15) is 68.2 Å². The van der Waals surface area contributed by atoms with Crippen molar-refractivity contribution < 1.29 is 9.59 Å². The molecule has 170 valence electrons. The Morgan fingerprint density at radius 2 is 1.69 bits per heavy atom. The van der Waals surface area contributed by atoms with E-state index in [9.17, 15) is 9.59 Å². The minimum Gasteiger partial charge on any atom is -0.350 e. The van der Waals surface area contributed by atoms with Crippen LogP contribution in [0, 0.1) is 0 Å². The predicted octanol–water partition coefficient (Wildman–Crippen LogP) is 4.43. The topological polar surface area (TPSA) is 52.7 Å². The molecule has 2 fully saturated rings. The highest BCUT2D eigenvalue weighted by Crippen LogP contribution is 2.26. The summed E-state index contributed by atoms with van der Waals surface area (Å²) in [6.45, 7) is 5.58. The second-order valence-electron chi connectivity index (χ2n) is 9.21. The smallest absolute Gasteiger partial charge is 0.247 e. The van der Waals surface area contributed by atoms with Crippen molar-refractivity contribution in [2.24, 2.45) is 0 Å². The molecule has 4 rings (SSSR count). The van der Waals surface area contributed by atoms with Gasteiger partial charge in [-0.3, -0.25) is 14.5 Å². The van der Waals surface area contributed by atoms with Gasteiger partial charge in [0.15, 0.2) is 0 Å². The van der Waals surface area contributed by atoms with Crippen LogP contribution < -0.4 is 5.32 Å². The van der Waals surface area contributed by atoms with E-state index in [1.54, 1.807) is 4.90 Å². The Bertz CT molecular complexity index is 897. The van der Waals surface area contributed by atoms with E-state index in [2.05, 4.69) is 41.4 Å². The lowest BCUT2D eigenvalue weighted by Crippen LogP contribution is -2.45. The number of nitrogens with zero attached hydrogens (tertiary/aromatic N) is 2. The van der Waals surface area contributed by atoms with Gasteiger partial charge in [-0.15, -0.1) is 0 Å². The fourth-order valence-electron chi connectivity index (χ4n) is 4.88. The number of nitrogens with one attached hydrogen (secondary N) is 1. The molecule has 0 saturated carbocycles. The molecule has 0 radical (unpaired) electrons. The fourth-order valence-corrected chi connectivity index (χ4v) is 4.88. The number of likely N-dealkylation sites (tertiary alicyclic amines) is 2. The Balaban J connectivity index is 1.39. The third-order valence-electron chi connectivity index (χ3n) is 6.85. The first kappa shape index (κ1) is 22.5. The minimum atomic E-state index is -0.566. The molecule has 0 bridgehead atoms. The highest BCUT2D eigenvalue weighted by Gasteiger charge is 2.32. The van der Waals surface area contributed by atoms with Crippen molar-refractivity contribution in [1.82, 2.24) is 15.1 Å². The van der Waals surface area contributed by atoms with E-state index in [1.165, 1.54) is 31.4 Å². The molecule has 0 aromatic heterocycles. The maximum atomic E-state index is 13.2. The van der Waals surface area contributed by atoms with Crippen molar-refractivity contribution in [1.29, 1.82) is 0 Å². The molecule has 5 heteroatoms. The number of carbonyl (C=O) groups is 2. The zero-order chi connectivity index (χ0) is 22.3. The van der Waals surface area contributed by atoms with Gasteiger partial charge in [0, 0.05) is 32.1 Å². The van der Waals surface area contributed by atoms with Crippen LogP contribution in [0.2, 0.25) is 0 Å². The van der Waals surface area contributed by atoms with E-state index in [4.69, 9.17) is 0 Å². The molecule has 2 aliphatic heterocycles. The molecule has 1 N–H and O–H groups in total. The van der Waals surface area contributed by atoms with Gasteiger partial charge in [-0.2, -0.15) is 0 Å². The fraction of sp³-hybridized carbons (Fsp3) is 0.481. The van der Waals surface area contributed by atoms with Crippen LogP contribution in [-0.4, -0.2) is 40.7 Å². The molecule has 2 heterocycles. The summed E-state index contributed by atoms with van der Waals surface area (Å²) in [6, 6.07) is 18.3. The molecule has 2 aromatic carbocycles. The number of carbonyl (C=O) groups excluding carboxylic acids is 2. The van der Waals surface area contributed by atoms with Crippen LogP contribution in [0.4, 0.5) is 0 Å². The van der Waals surface area contributed by atoms with Gasteiger partial charge in [-0.25, -0.2) is 0 Å². The average Bonchev–Trinajstić information content (AvgIpc) is 2.82. The highest BCUT2D eigenvalue weighted by atomic mass is 16.2. The largest absolute Gasteiger partial charge is 0.350 e. The molecule has 0 spiro atoms. The molecule has 5 nitrogen and oxygen atoms in total. The van der Waals surface area contributed by atoms with E-state index >= 15 is 0 Å². The zero-order valence-electron chi connectivity index (χ0n) is 19.1. The monoisotopic (exact) mass is 433 g/mol. The number of amides is 2. The van der Waals surface area contributed by atoms with Crippen molar-refractivity contribution in [3.63, 3.8) is 0 Å². The first-order valence-corrected chi connectivity index (χ1v) is 12.1. The maximum absolute atomic E-state index is 13.2. The lowest BCUT2D eigenvalue weighted by atomic mass is 10.00. The normalized spacial score (nSPS) is 20.7. The first-order chi connectivity index (χ1) is 15.6. The summed E-state index contributed by atoms with van der Waals surface area (Å²) in [7, 11) is 0. The average molecular weight is 434 g/mol. The summed E-state index contributed by atoms with van der Waals surface area (Å²) in [4.78, 5) is 30.1. The van der Waals surface area contributed by atoms with Crippen molar-refractivity contribution in [3.8, 4) is 0 Å². The van der Waals surface area contributed by atoms with Crippen LogP contribution in [0.25, 0.3) is 0 Å². The van der Waals surface area contributed by atoms with E-state index in [0.29, 0.717) is 25.6 Å². The van der Waals surface area contributed by atoms with Gasteiger partial charge in [-0.05, 0) is 55.8 Å². The van der Waals surface area contributed by atoms with E-state index in [-0.39, 0.29) is 11.8 Å². The Hall–Kier alpha value is -2.66. The molecular formula is C27H35N3O2. The molecule has 32 heavy (non-hydrogen) atoms. The summed E-state index contributed by atoms with van der Waals surface area (Å²) < 4.78 is 0. The van der Waals surface area contributed by atoms with Crippen molar-refractivity contribution in [2.75, 3.05) is 13.1 Å². The molecule has 2 atom stereocenters. The zero-order valence-corrected chi connectivity index (χ0v) is 19.1. The molecule has 2 unspecified atom stereocenters.